The van der Waals surface area contributed by atoms with Gasteiger partial charge >= 0.3 is 0 Å². The number of benzene rings is 2. The molecule has 1 saturated carbocycles. The normalized spacial score (nSPS) is 28.5. The molecule has 3 fully saturated rings. The minimum absolute atomic E-state index is 0.382. The molecule has 1 aliphatic carbocycles. The van der Waals surface area contributed by atoms with E-state index in [1.54, 1.807) is 24.3 Å². The molecule has 2 heterocycles. The van der Waals surface area contributed by atoms with E-state index in [4.69, 9.17) is 0 Å². The molecule has 6 heteroatoms. The summed E-state index contributed by atoms with van der Waals surface area (Å²) < 4.78 is 0. The summed E-state index contributed by atoms with van der Waals surface area (Å²) in [5, 5.41) is 0. The monoisotopic (exact) mass is 374 g/mol. The molecule has 2 aliphatic heterocycles. The summed E-state index contributed by atoms with van der Waals surface area (Å²) in [5.74, 6) is -4.51. The van der Waals surface area contributed by atoms with Gasteiger partial charge in [-0.05, 0) is 38.1 Å². The van der Waals surface area contributed by atoms with Crippen LogP contribution in [0.5, 0.6) is 0 Å². The molecule has 3 aliphatic rings. The Bertz CT molecular complexity index is 908. The van der Waals surface area contributed by atoms with Crippen LogP contribution in [0.4, 0.5) is 11.4 Å². The summed E-state index contributed by atoms with van der Waals surface area (Å²) in [6.45, 7) is 3.84. The summed E-state index contributed by atoms with van der Waals surface area (Å²) in [5.41, 5.74) is 3.01. The van der Waals surface area contributed by atoms with Gasteiger partial charge in [0.2, 0.25) is 23.6 Å². The van der Waals surface area contributed by atoms with Gasteiger partial charge in [-0.1, -0.05) is 35.4 Å². The maximum absolute atomic E-state index is 13.0. The number of fused-ring (bicyclic) bond motifs is 4. The highest BCUT2D eigenvalue weighted by Gasteiger charge is 2.73. The van der Waals surface area contributed by atoms with Crippen LogP contribution in [0.25, 0.3) is 0 Å². The Morgan fingerprint density at radius 1 is 0.500 bits per heavy atom. The van der Waals surface area contributed by atoms with E-state index in [2.05, 4.69) is 0 Å². The molecule has 0 atom stereocenters. The number of rotatable bonds is 2. The van der Waals surface area contributed by atoms with Crippen molar-refractivity contribution in [3.05, 3.63) is 59.7 Å². The van der Waals surface area contributed by atoms with Crippen molar-refractivity contribution in [2.75, 3.05) is 9.80 Å². The van der Waals surface area contributed by atoms with Crippen molar-refractivity contribution in [3.63, 3.8) is 0 Å². The van der Waals surface area contributed by atoms with Gasteiger partial charge in [0.15, 0.2) is 0 Å². The lowest BCUT2D eigenvalue weighted by Gasteiger charge is -2.36. The van der Waals surface area contributed by atoms with E-state index >= 15 is 0 Å². The molecule has 0 N–H and O–H groups in total. The quantitative estimate of drug-likeness (QED) is 0.756. The van der Waals surface area contributed by atoms with Crippen LogP contribution in [0.15, 0.2) is 48.5 Å². The molecule has 0 radical (unpaired) electrons. The molecule has 0 bridgehead atoms. The molecule has 2 aromatic carbocycles. The van der Waals surface area contributed by atoms with Crippen molar-refractivity contribution in [1.29, 1.82) is 0 Å². The van der Waals surface area contributed by atoms with Gasteiger partial charge in [0.05, 0.1) is 35.0 Å². The molecule has 2 aromatic rings. The Morgan fingerprint density at radius 2 is 0.750 bits per heavy atom. The summed E-state index contributed by atoms with van der Waals surface area (Å²) in [7, 11) is 0. The van der Waals surface area contributed by atoms with Gasteiger partial charge in [-0.15, -0.1) is 0 Å². The number of carbonyl (C=O) groups excluding carboxylic acids is 4. The lowest BCUT2D eigenvalue weighted by atomic mass is 9.59. The number of carbonyl (C=O) groups is 4. The van der Waals surface area contributed by atoms with E-state index in [9.17, 15) is 19.2 Å². The molecule has 0 spiro atoms. The second-order valence-corrected chi connectivity index (χ2v) is 7.80. The zero-order valence-electron chi connectivity index (χ0n) is 15.5. The van der Waals surface area contributed by atoms with E-state index < -0.39 is 23.7 Å². The van der Waals surface area contributed by atoms with Crippen LogP contribution in [0.2, 0.25) is 0 Å². The first kappa shape index (κ1) is 16.9. The van der Waals surface area contributed by atoms with Crippen LogP contribution in [0.3, 0.4) is 0 Å². The first-order chi connectivity index (χ1) is 13.4. The summed E-state index contributed by atoms with van der Waals surface area (Å²) in [4.78, 5) is 54.2. The number of hydrogen-bond acceptors (Lipinski definition) is 4. The predicted octanol–water partition coefficient (Wildman–Crippen LogP) is 2.23. The molecule has 0 aromatic heterocycles. The summed E-state index contributed by atoms with van der Waals surface area (Å²) in [6, 6.07) is 14.2. The van der Waals surface area contributed by atoms with Crippen molar-refractivity contribution < 1.29 is 19.2 Å². The third-order valence-corrected chi connectivity index (χ3v) is 6.15. The van der Waals surface area contributed by atoms with Gasteiger partial charge in [0.1, 0.15) is 0 Å². The lowest BCUT2D eigenvalue weighted by Crippen LogP contribution is -2.50. The second kappa shape index (κ2) is 5.61. The lowest BCUT2D eigenvalue weighted by molar-refractivity contribution is -0.146. The zero-order valence-corrected chi connectivity index (χ0v) is 15.5. The van der Waals surface area contributed by atoms with Crippen molar-refractivity contribution in [2.24, 2.45) is 23.7 Å². The fourth-order valence-corrected chi connectivity index (χ4v) is 4.69. The first-order valence-electron chi connectivity index (χ1n) is 9.29. The first-order valence-corrected chi connectivity index (χ1v) is 9.29. The van der Waals surface area contributed by atoms with Crippen molar-refractivity contribution in [1.82, 2.24) is 0 Å². The summed E-state index contributed by atoms with van der Waals surface area (Å²) in [6.07, 6.45) is 0. The molecule has 2 saturated heterocycles. The van der Waals surface area contributed by atoms with Crippen molar-refractivity contribution in [2.45, 2.75) is 13.8 Å². The second-order valence-electron chi connectivity index (χ2n) is 7.80. The van der Waals surface area contributed by atoms with E-state index in [1.807, 2.05) is 38.1 Å². The summed E-state index contributed by atoms with van der Waals surface area (Å²) >= 11 is 0. The fourth-order valence-electron chi connectivity index (χ4n) is 4.69. The van der Waals surface area contributed by atoms with Gasteiger partial charge in [0.25, 0.3) is 0 Å². The van der Waals surface area contributed by atoms with Crippen molar-refractivity contribution >= 4 is 35.0 Å². The highest BCUT2D eigenvalue weighted by atomic mass is 16.2. The Kier molecular flexibility index (Phi) is 3.38. The minimum atomic E-state index is -0.745. The Labute approximate surface area is 161 Å². The average molecular weight is 374 g/mol. The standard InChI is InChI=1S/C22H18N2O4/c1-11-3-7-13(8-4-11)23-19(25)15-16(20(23)26)18-17(15)21(27)24(22(18)28)14-9-5-12(2)6-10-14/h3-10,15-18H,1-2H3. The number of anilines is 2. The van der Waals surface area contributed by atoms with Gasteiger partial charge in [-0.2, -0.15) is 0 Å². The van der Waals surface area contributed by atoms with E-state index in [1.165, 1.54) is 0 Å². The molecular weight excluding hydrogens is 356 g/mol. The molecular formula is C22H18N2O4. The maximum atomic E-state index is 13.0. The molecule has 6 nitrogen and oxygen atoms in total. The Balaban J connectivity index is 1.48. The van der Waals surface area contributed by atoms with E-state index in [0.29, 0.717) is 11.4 Å². The van der Waals surface area contributed by atoms with Gasteiger partial charge < -0.3 is 0 Å². The molecule has 140 valence electrons. The maximum Gasteiger partial charge on any atom is 0.238 e. The van der Waals surface area contributed by atoms with Gasteiger partial charge in [-0.3, -0.25) is 29.0 Å². The van der Waals surface area contributed by atoms with Crippen LogP contribution in [0, 0.1) is 37.5 Å². The number of imide groups is 2. The van der Waals surface area contributed by atoms with Crippen LogP contribution >= 0.6 is 0 Å². The largest absolute Gasteiger partial charge is 0.274 e. The van der Waals surface area contributed by atoms with Crippen molar-refractivity contribution in [3.8, 4) is 0 Å². The van der Waals surface area contributed by atoms with Gasteiger partial charge in [0, 0.05) is 0 Å². The fraction of sp³-hybridized carbons (Fsp3) is 0.273. The number of nitrogens with zero attached hydrogens (tertiary/aromatic N) is 2. The highest BCUT2D eigenvalue weighted by Crippen LogP contribution is 2.57. The smallest absolute Gasteiger partial charge is 0.238 e. The van der Waals surface area contributed by atoms with E-state index in [-0.39, 0.29) is 23.6 Å². The SMILES string of the molecule is Cc1ccc(N2C(=O)C3C(C2=O)C2C(=O)N(c4ccc(C)cc4)C(=O)C32)cc1. The van der Waals surface area contributed by atoms with Gasteiger partial charge in [-0.25, -0.2) is 0 Å². The van der Waals surface area contributed by atoms with E-state index in [0.717, 1.165) is 20.9 Å². The van der Waals surface area contributed by atoms with Crippen LogP contribution < -0.4 is 9.80 Å². The predicted molar refractivity (Wildman–Crippen MR) is 101 cm³/mol. The number of amides is 4. The highest BCUT2D eigenvalue weighted by molar-refractivity contribution is 6.32. The molecule has 0 unspecified atom stereocenters. The molecule has 28 heavy (non-hydrogen) atoms. The number of hydrogen-bond donors (Lipinski definition) is 0. The molecule has 5 rings (SSSR count). The number of aryl methyl sites for hydroxylation is 2. The third kappa shape index (κ3) is 2.03. The molecule has 4 amide bonds. The minimum Gasteiger partial charge on any atom is -0.274 e. The Hall–Kier alpha value is -3.28. The van der Waals surface area contributed by atoms with Crippen LogP contribution in [-0.2, 0) is 19.2 Å². The third-order valence-electron chi connectivity index (χ3n) is 6.15. The average Bonchev–Trinajstić information content (AvgIpc) is 2.96. The van der Waals surface area contributed by atoms with Crippen LogP contribution in [-0.4, -0.2) is 23.6 Å². The van der Waals surface area contributed by atoms with Crippen LogP contribution in [0.1, 0.15) is 11.1 Å². The zero-order chi connectivity index (χ0) is 19.7. The Morgan fingerprint density at radius 3 is 1.00 bits per heavy atom. The topological polar surface area (TPSA) is 74.8 Å².